The molecule has 0 aromatic heterocycles. The van der Waals surface area contributed by atoms with E-state index in [1.54, 1.807) is 0 Å². The summed E-state index contributed by atoms with van der Waals surface area (Å²) >= 11 is 0. The van der Waals surface area contributed by atoms with Crippen molar-refractivity contribution in [2.24, 2.45) is 28.6 Å². The number of allylic oxidation sites excluding steroid dienone is 2. The van der Waals surface area contributed by atoms with E-state index in [-0.39, 0.29) is 41.0 Å². The predicted molar refractivity (Wildman–Crippen MR) is 94.2 cm³/mol. The molecule has 3 fully saturated rings. The fourth-order valence-corrected chi connectivity index (χ4v) is 6.94. The van der Waals surface area contributed by atoms with Gasteiger partial charge in [0.15, 0.2) is 0 Å². The van der Waals surface area contributed by atoms with Crippen LogP contribution < -0.4 is 0 Å². The first kappa shape index (κ1) is 16.8. The van der Waals surface area contributed by atoms with E-state index in [0.29, 0.717) is 5.92 Å². The van der Waals surface area contributed by atoms with Gasteiger partial charge in [0.25, 0.3) is 0 Å². The molecule has 0 amide bonds. The Morgan fingerprint density at radius 3 is 2.58 bits per heavy atom. The number of fused-ring (bicyclic) bond motifs is 5. The van der Waals surface area contributed by atoms with Gasteiger partial charge in [0, 0.05) is 5.92 Å². The minimum Gasteiger partial charge on any atom is -0.393 e. The zero-order valence-corrected chi connectivity index (χ0v) is 15.2. The van der Waals surface area contributed by atoms with E-state index in [2.05, 4.69) is 26.0 Å². The van der Waals surface area contributed by atoms with Crippen molar-refractivity contribution in [3.8, 4) is 0 Å². The van der Waals surface area contributed by atoms with Crippen molar-refractivity contribution in [2.75, 3.05) is 0 Å². The van der Waals surface area contributed by atoms with Gasteiger partial charge in [-0.25, -0.2) is 0 Å². The van der Waals surface area contributed by atoms with Crippen molar-refractivity contribution in [2.45, 2.75) is 77.6 Å². The van der Waals surface area contributed by atoms with Crippen LogP contribution in [0.25, 0.3) is 0 Å². The second-order valence-corrected chi connectivity index (χ2v) is 9.40. The Morgan fingerprint density at radius 2 is 1.88 bits per heavy atom. The van der Waals surface area contributed by atoms with Crippen LogP contribution >= 0.6 is 0 Å². The first-order valence-corrected chi connectivity index (χ1v) is 9.72. The lowest BCUT2D eigenvalue weighted by Gasteiger charge is -2.56. The van der Waals surface area contributed by atoms with Crippen LogP contribution in [-0.2, 0) is 0 Å². The van der Waals surface area contributed by atoms with E-state index in [9.17, 15) is 15.3 Å². The van der Waals surface area contributed by atoms with Crippen LogP contribution in [0, 0.1) is 28.6 Å². The van der Waals surface area contributed by atoms with Crippen LogP contribution in [0.3, 0.4) is 0 Å². The van der Waals surface area contributed by atoms with Gasteiger partial charge in [-0.15, -0.1) is 0 Å². The number of aliphatic hydroxyl groups excluding tert-OH is 3. The molecule has 0 aromatic rings. The van der Waals surface area contributed by atoms with Crippen LogP contribution in [0.15, 0.2) is 23.3 Å². The third-order valence-electron chi connectivity index (χ3n) is 8.14. The molecule has 3 saturated carbocycles. The van der Waals surface area contributed by atoms with Gasteiger partial charge in [0.1, 0.15) is 0 Å². The van der Waals surface area contributed by atoms with Gasteiger partial charge >= 0.3 is 0 Å². The highest BCUT2D eigenvalue weighted by Crippen LogP contribution is 2.65. The fraction of sp³-hybridized carbons (Fsp3) is 0.810. The van der Waals surface area contributed by atoms with E-state index < -0.39 is 0 Å². The highest BCUT2D eigenvalue weighted by atomic mass is 16.3. The summed E-state index contributed by atoms with van der Waals surface area (Å²) in [4.78, 5) is 0. The van der Waals surface area contributed by atoms with E-state index >= 15 is 0 Å². The van der Waals surface area contributed by atoms with Gasteiger partial charge in [-0.2, -0.15) is 0 Å². The van der Waals surface area contributed by atoms with Gasteiger partial charge < -0.3 is 15.3 Å². The third kappa shape index (κ3) is 2.14. The number of aliphatic hydroxyl groups is 3. The molecule has 8 atom stereocenters. The summed E-state index contributed by atoms with van der Waals surface area (Å²) in [5.74, 6) is 0.952. The van der Waals surface area contributed by atoms with Crippen molar-refractivity contribution < 1.29 is 15.3 Å². The summed E-state index contributed by atoms with van der Waals surface area (Å²) in [7, 11) is 0. The van der Waals surface area contributed by atoms with Crippen molar-refractivity contribution >= 4 is 0 Å². The maximum Gasteiger partial charge on any atom is 0.0619 e. The lowest BCUT2D eigenvalue weighted by Crippen LogP contribution is -2.53. The Kier molecular flexibility index (Phi) is 3.80. The average molecular weight is 332 g/mol. The van der Waals surface area contributed by atoms with Crippen LogP contribution in [-0.4, -0.2) is 33.6 Å². The van der Waals surface area contributed by atoms with E-state index in [1.807, 2.05) is 6.92 Å². The quantitative estimate of drug-likeness (QED) is 0.691. The topological polar surface area (TPSA) is 60.7 Å². The molecule has 0 heterocycles. The number of rotatable bonds is 1. The molecule has 3 heteroatoms. The first-order valence-electron chi connectivity index (χ1n) is 9.72. The van der Waals surface area contributed by atoms with Crippen molar-refractivity contribution in [3.05, 3.63) is 23.3 Å². The van der Waals surface area contributed by atoms with Crippen molar-refractivity contribution in [1.82, 2.24) is 0 Å². The van der Waals surface area contributed by atoms with Gasteiger partial charge in [0.05, 0.1) is 18.3 Å². The average Bonchev–Trinajstić information content (AvgIpc) is 2.84. The van der Waals surface area contributed by atoms with Gasteiger partial charge in [0.2, 0.25) is 0 Å². The molecule has 0 saturated heterocycles. The molecule has 0 aromatic carbocycles. The summed E-state index contributed by atoms with van der Waals surface area (Å²) in [6, 6.07) is 0. The van der Waals surface area contributed by atoms with E-state index in [1.165, 1.54) is 11.1 Å². The Hall–Kier alpha value is -0.640. The zero-order chi connectivity index (χ0) is 17.3. The molecule has 3 N–H and O–H groups in total. The Bertz CT molecular complexity index is 592. The maximum atomic E-state index is 11.2. The zero-order valence-electron chi connectivity index (χ0n) is 15.2. The summed E-state index contributed by atoms with van der Waals surface area (Å²) < 4.78 is 0. The lowest BCUT2D eigenvalue weighted by atomic mass is 9.49. The standard InChI is InChI=1S/C21H32O3/c1-12(22)16-6-7-17-15-5-4-13-10-14(23)8-9-20(13,2)19(15)18(24)11-21(16,17)3/h4-5,12,14,16-19,22-24H,6-11H2,1-3H3/t12-,14+,16-,17+,18-,19-,20+,21-/m1/s1. The molecule has 134 valence electrons. The van der Waals surface area contributed by atoms with Gasteiger partial charge in [-0.05, 0) is 68.1 Å². The van der Waals surface area contributed by atoms with E-state index in [4.69, 9.17) is 0 Å². The van der Waals surface area contributed by atoms with Gasteiger partial charge in [-0.1, -0.05) is 37.1 Å². The van der Waals surface area contributed by atoms with Crippen LogP contribution in [0.4, 0.5) is 0 Å². The first-order chi connectivity index (χ1) is 11.3. The molecule has 0 unspecified atom stereocenters. The molecule has 3 nitrogen and oxygen atoms in total. The molecule has 4 aliphatic rings. The molecular formula is C21H32O3. The smallest absolute Gasteiger partial charge is 0.0619 e. The molecule has 0 bridgehead atoms. The largest absolute Gasteiger partial charge is 0.393 e. The second-order valence-electron chi connectivity index (χ2n) is 9.40. The SMILES string of the molecule is C[C@@H](O)[C@H]1CC[C@H]2C3=CC=C4C[C@@H](O)CC[C@]4(C)[C@H]3[C@H](O)C[C@]12C. The molecule has 4 aliphatic carbocycles. The lowest BCUT2D eigenvalue weighted by molar-refractivity contribution is -0.0639. The maximum absolute atomic E-state index is 11.2. The van der Waals surface area contributed by atoms with Crippen LogP contribution in [0.1, 0.15) is 59.3 Å². The molecule has 4 rings (SSSR count). The summed E-state index contributed by atoms with van der Waals surface area (Å²) in [5.41, 5.74) is 2.74. The normalized spacial score (nSPS) is 51.8. The minimum atomic E-state index is -0.346. The third-order valence-corrected chi connectivity index (χ3v) is 8.14. The molecule has 0 aliphatic heterocycles. The fourth-order valence-electron chi connectivity index (χ4n) is 6.94. The van der Waals surface area contributed by atoms with Crippen molar-refractivity contribution in [1.29, 1.82) is 0 Å². The van der Waals surface area contributed by atoms with Gasteiger partial charge in [-0.3, -0.25) is 0 Å². The summed E-state index contributed by atoms with van der Waals surface area (Å²) in [6.45, 7) is 6.50. The molecular weight excluding hydrogens is 300 g/mol. The highest BCUT2D eigenvalue weighted by molar-refractivity contribution is 5.40. The Labute approximate surface area is 145 Å². The summed E-state index contributed by atoms with van der Waals surface area (Å²) in [6.07, 6.45) is 9.15. The highest BCUT2D eigenvalue weighted by Gasteiger charge is 2.59. The predicted octanol–water partition coefficient (Wildman–Crippen LogP) is 3.20. The monoisotopic (exact) mass is 332 g/mol. The second kappa shape index (κ2) is 5.43. The summed E-state index contributed by atoms with van der Waals surface area (Å²) in [5, 5.41) is 31.5. The van der Waals surface area contributed by atoms with Crippen LogP contribution in [0.2, 0.25) is 0 Å². The minimum absolute atomic E-state index is 0.00575. The molecule has 0 spiro atoms. The van der Waals surface area contributed by atoms with Crippen LogP contribution in [0.5, 0.6) is 0 Å². The Morgan fingerprint density at radius 1 is 1.12 bits per heavy atom. The number of hydrogen-bond acceptors (Lipinski definition) is 3. The Balaban J connectivity index is 1.76. The van der Waals surface area contributed by atoms with Crippen molar-refractivity contribution in [3.63, 3.8) is 0 Å². The van der Waals surface area contributed by atoms with E-state index in [0.717, 1.165) is 38.5 Å². The number of hydrogen-bond donors (Lipinski definition) is 3. The molecule has 24 heavy (non-hydrogen) atoms. The molecule has 0 radical (unpaired) electrons.